The first-order chi connectivity index (χ1) is 10.4. The summed E-state index contributed by atoms with van der Waals surface area (Å²) in [6.07, 6.45) is 1.77. The molecule has 0 atom stereocenters. The van der Waals surface area contributed by atoms with E-state index in [4.69, 9.17) is 4.52 Å². The van der Waals surface area contributed by atoms with E-state index in [0.29, 0.717) is 5.82 Å². The summed E-state index contributed by atoms with van der Waals surface area (Å²) in [6.45, 7) is 14.8. The Morgan fingerprint density at radius 2 is 1.83 bits per heavy atom. The van der Waals surface area contributed by atoms with Crippen LogP contribution in [0.4, 0.5) is 10.6 Å². The van der Waals surface area contributed by atoms with Gasteiger partial charge in [0, 0.05) is 28.6 Å². The molecule has 0 unspecified atom stereocenters. The minimum atomic E-state index is -0.239. The minimum Gasteiger partial charge on any atom is -0.359 e. The van der Waals surface area contributed by atoms with Crippen LogP contribution in [0.1, 0.15) is 67.1 Å². The summed E-state index contributed by atoms with van der Waals surface area (Å²) in [5.74, 6) is 1.19. The van der Waals surface area contributed by atoms with Crippen molar-refractivity contribution in [3.05, 3.63) is 11.8 Å². The molecule has 0 spiro atoms. The smallest absolute Gasteiger partial charge is 0.320 e. The Morgan fingerprint density at radius 1 is 1.26 bits per heavy atom. The predicted molar refractivity (Wildman–Crippen MR) is 91.7 cm³/mol. The molecule has 0 aliphatic carbocycles. The van der Waals surface area contributed by atoms with Crippen LogP contribution in [0.3, 0.4) is 0 Å². The van der Waals surface area contributed by atoms with Crippen LogP contribution in [-0.4, -0.2) is 28.3 Å². The van der Waals surface area contributed by atoms with Gasteiger partial charge in [-0.05, 0) is 40.5 Å². The largest absolute Gasteiger partial charge is 0.359 e. The zero-order valence-electron chi connectivity index (χ0n) is 15.3. The van der Waals surface area contributed by atoms with Gasteiger partial charge in [0.15, 0.2) is 5.82 Å². The predicted octanol–water partition coefficient (Wildman–Crippen LogP) is 3.40. The van der Waals surface area contributed by atoms with E-state index in [2.05, 4.69) is 48.8 Å². The summed E-state index contributed by atoms with van der Waals surface area (Å²) in [6, 6.07) is 1.66. The molecule has 1 fully saturated rings. The number of urea groups is 1. The first-order valence-electron chi connectivity index (χ1n) is 8.20. The highest BCUT2D eigenvalue weighted by Crippen LogP contribution is 2.28. The normalized spacial score (nSPS) is 21.0. The molecule has 1 aliphatic heterocycles. The first kappa shape index (κ1) is 17.8. The van der Waals surface area contributed by atoms with Crippen LogP contribution in [0.2, 0.25) is 0 Å². The lowest BCUT2D eigenvalue weighted by Gasteiger charge is -2.46. The van der Waals surface area contributed by atoms with Crippen LogP contribution in [0.5, 0.6) is 0 Å². The van der Waals surface area contributed by atoms with E-state index in [1.54, 1.807) is 6.07 Å². The molecule has 1 saturated heterocycles. The fourth-order valence-electron chi connectivity index (χ4n) is 3.45. The van der Waals surface area contributed by atoms with E-state index >= 15 is 0 Å². The maximum atomic E-state index is 12.2. The summed E-state index contributed by atoms with van der Waals surface area (Å²) in [7, 11) is 0. The van der Waals surface area contributed by atoms with Crippen LogP contribution >= 0.6 is 0 Å². The Morgan fingerprint density at radius 3 is 2.30 bits per heavy atom. The highest BCUT2D eigenvalue weighted by atomic mass is 16.5. The zero-order chi connectivity index (χ0) is 17.5. The van der Waals surface area contributed by atoms with E-state index in [1.807, 2.05) is 20.8 Å². The molecule has 1 aliphatic rings. The lowest BCUT2D eigenvalue weighted by atomic mass is 9.80. The van der Waals surface area contributed by atoms with Crippen LogP contribution < -0.4 is 16.0 Å². The van der Waals surface area contributed by atoms with Crippen LogP contribution in [-0.2, 0) is 5.41 Å². The second kappa shape index (κ2) is 5.82. The van der Waals surface area contributed by atoms with Crippen molar-refractivity contribution < 1.29 is 9.32 Å². The van der Waals surface area contributed by atoms with Gasteiger partial charge < -0.3 is 15.2 Å². The van der Waals surface area contributed by atoms with Crippen LogP contribution in [0.15, 0.2) is 10.6 Å². The summed E-state index contributed by atoms with van der Waals surface area (Å²) in [5.41, 5.74) is -0.146. The summed E-state index contributed by atoms with van der Waals surface area (Å²) in [5, 5.41) is 13.3. The standard InChI is InChI=1S/C17H30N4O2/c1-15(2,3)12-8-13(20-23-12)19-14(22)18-11-9-16(4,5)21-17(6,7)10-11/h8,11,21H,9-10H2,1-7H3,(H2,18,19,20,22). The number of aromatic nitrogens is 1. The van der Waals surface area contributed by atoms with Gasteiger partial charge in [0.25, 0.3) is 0 Å². The molecular formula is C17H30N4O2. The van der Waals surface area contributed by atoms with Crippen molar-refractivity contribution in [1.82, 2.24) is 15.8 Å². The molecule has 0 bridgehead atoms. The molecule has 2 heterocycles. The number of piperidine rings is 1. The second-order valence-electron chi connectivity index (χ2n) is 8.92. The molecule has 1 aromatic heterocycles. The Bertz CT molecular complexity index is 553. The number of rotatable bonds is 2. The number of amides is 2. The van der Waals surface area contributed by atoms with Crippen molar-refractivity contribution in [3.63, 3.8) is 0 Å². The highest BCUT2D eigenvalue weighted by Gasteiger charge is 2.38. The lowest BCUT2D eigenvalue weighted by molar-refractivity contribution is 0.149. The van der Waals surface area contributed by atoms with Gasteiger partial charge in [-0.3, -0.25) is 5.32 Å². The van der Waals surface area contributed by atoms with Gasteiger partial charge in [0.1, 0.15) is 5.76 Å². The third kappa shape index (κ3) is 4.96. The zero-order valence-corrected chi connectivity index (χ0v) is 15.3. The molecule has 3 N–H and O–H groups in total. The van der Waals surface area contributed by atoms with Gasteiger partial charge >= 0.3 is 6.03 Å². The third-order valence-electron chi connectivity index (χ3n) is 4.02. The fraction of sp³-hybridized carbons (Fsp3) is 0.765. The Kier molecular flexibility index (Phi) is 4.50. The molecule has 23 heavy (non-hydrogen) atoms. The molecule has 1 aromatic rings. The second-order valence-corrected chi connectivity index (χ2v) is 8.92. The van der Waals surface area contributed by atoms with Crippen molar-refractivity contribution >= 4 is 11.8 Å². The topological polar surface area (TPSA) is 79.2 Å². The molecule has 2 rings (SSSR count). The van der Waals surface area contributed by atoms with Gasteiger partial charge in [0.05, 0.1) is 0 Å². The molecule has 0 aromatic carbocycles. The van der Waals surface area contributed by atoms with E-state index < -0.39 is 0 Å². The first-order valence-corrected chi connectivity index (χ1v) is 8.20. The Labute approximate surface area is 138 Å². The van der Waals surface area contributed by atoms with E-state index in [-0.39, 0.29) is 28.6 Å². The summed E-state index contributed by atoms with van der Waals surface area (Å²) < 4.78 is 5.28. The van der Waals surface area contributed by atoms with Crippen molar-refractivity contribution in [2.45, 2.75) is 83.8 Å². The maximum absolute atomic E-state index is 12.2. The molecule has 6 nitrogen and oxygen atoms in total. The molecule has 0 saturated carbocycles. The van der Waals surface area contributed by atoms with Gasteiger partial charge in [-0.1, -0.05) is 25.9 Å². The average Bonchev–Trinajstić information content (AvgIpc) is 2.71. The van der Waals surface area contributed by atoms with E-state index in [9.17, 15) is 4.79 Å². The maximum Gasteiger partial charge on any atom is 0.320 e. The number of hydrogen-bond acceptors (Lipinski definition) is 4. The highest BCUT2D eigenvalue weighted by molar-refractivity contribution is 5.88. The molecule has 2 amide bonds. The number of nitrogens with zero attached hydrogens (tertiary/aromatic N) is 1. The Balaban J connectivity index is 1.96. The fourth-order valence-corrected chi connectivity index (χ4v) is 3.45. The van der Waals surface area contributed by atoms with E-state index in [1.165, 1.54) is 0 Å². The molecule has 0 radical (unpaired) electrons. The van der Waals surface area contributed by atoms with Crippen molar-refractivity contribution in [3.8, 4) is 0 Å². The SMILES string of the molecule is CC1(C)CC(NC(=O)Nc2cc(C(C)(C)C)on2)CC(C)(C)N1. The summed E-state index contributed by atoms with van der Waals surface area (Å²) in [4.78, 5) is 12.2. The number of nitrogens with one attached hydrogen (secondary N) is 3. The monoisotopic (exact) mass is 322 g/mol. The van der Waals surface area contributed by atoms with Crippen LogP contribution in [0, 0.1) is 0 Å². The van der Waals surface area contributed by atoms with Gasteiger partial charge in [-0.25, -0.2) is 4.79 Å². The molecule has 6 heteroatoms. The average molecular weight is 322 g/mol. The van der Waals surface area contributed by atoms with Crippen molar-refractivity contribution in [2.24, 2.45) is 0 Å². The lowest BCUT2D eigenvalue weighted by Crippen LogP contribution is -2.62. The van der Waals surface area contributed by atoms with Gasteiger partial charge in [-0.2, -0.15) is 0 Å². The van der Waals surface area contributed by atoms with Gasteiger partial charge in [-0.15, -0.1) is 0 Å². The third-order valence-corrected chi connectivity index (χ3v) is 4.02. The summed E-state index contributed by atoms with van der Waals surface area (Å²) >= 11 is 0. The number of anilines is 1. The number of carbonyl (C=O) groups is 1. The van der Waals surface area contributed by atoms with Gasteiger partial charge in [0.2, 0.25) is 0 Å². The van der Waals surface area contributed by atoms with Crippen LogP contribution in [0.25, 0.3) is 0 Å². The number of carbonyl (C=O) groups excluding carboxylic acids is 1. The number of hydrogen-bond donors (Lipinski definition) is 3. The van der Waals surface area contributed by atoms with Crippen molar-refractivity contribution in [2.75, 3.05) is 5.32 Å². The van der Waals surface area contributed by atoms with Crippen molar-refractivity contribution in [1.29, 1.82) is 0 Å². The molecule has 130 valence electrons. The molecular weight excluding hydrogens is 292 g/mol. The Hall–Kier alpha value is -1.56. The van der Waals surface area contributed by atoms with E-state index in [0.717, 1.165) is 18.6 Å². The minimum absolute atomic E-state index is 0.00695. The quantitative estimate of drug-likeness (QED) is 0.779.